The Hall–Kier alpha value is -1.59. The SMILES string of the molecule is Cc1ccc(/C=C2\SC(N3CCNCC3)=NC2=O)cc1. The van der Waals surface area contributed by atoms with Crippen LogP contribution in [0.2, 0.25) is 0 Å². The molecule has 5 heteroatoms. The molecule has 0 unspecified atom stereocenters. The van der Waals surface area contributed by atoms with Crippen molar-refractivity contribution in [2.24, 2.45) is 4.99 Å². The lowest BCUT2D eigenvalue weighted by atomic mass is 10.1. The van der Waals surface area contributed by atoms with Crippen molar-refractivity contribution >= 4 is 28.9 Å². The average molecular weight is 287 g/mol. The molecule has 20 heavy (non-hydrogen) atoms. The molecule has 1 saturated heterocycles. The van der Waals surface area contributed by atoms with Gasteiger partial charge in [-0.3, -0.25) is 4.79 Å². The molecule has 1 amide bonds. The summed E-state index contributed by atoms with van der Waals surface area (Å²) in [5.41, 5.74) is 2.26. The highest BCUT2D eigenvalue weighted by atomic mass is 32.2. The van der Waals surface area contributed by atoms with Crippen molar-refractivity contribution in [1.29, 1.82) is 0 Å². The lowest BCUT2D eigenvalue weighted by Gasteiger charge is -2.27. The highest BCUT2D eigenvalue weighted by Crippen LogP contribution is 2.30. The molecule has 0 saturated carbocycles. The molecule has 104 valence electrons. The minimum atomic E-state index is -0.121. The fourth-order valence-electron chi connectivity index (χ4n) is 2.20. The van der Waals surface area contributed by atoms with Gasteiger partial charge in [-0.15, -0.1) is 0 Å². The van der Waals surface area contributed by atoms with Crippen molar-refractivity contribution in [3.63, 3.8) is 0 Å². The van der Waals surface area contributed by atoms with Gasteiger partial charge in [0.05, 0.1) is 4.91 Å². The monoisotopic (exact) mass is 287 g/mol. The lowest BCUT2D eigenvalue weighted by molar-refractivity contribution is -0.113. The van der Waals surface area contributed by atoms with Crippen molar-refractivity contribution in [2.45, 2.75) is 6.92 Å². The van der Waals surface area contributed by atoms with Gasteiger partial charge in [0.15, 0.2) is 5.17 Å². The van der Waals surface area contributed by atoms with Crippen molar-refractivity contribution in [2.75, 3.05) is 26.2 Å². The molecule has 0 bridgehead atoms. The Morgan fingerprint density at radius 3 is 2.65 bits per heavy atom. The fraction of sp³-hybridized carbons (Fsp3) is 0.333. The molecule has 0 atom stereocenters. The quantitative estimate of drug-likeness (QED) is 0.801. The molecule has 0 aliphatic carbocycles. The summed E-state index contributed by atoms with van der Waals surface area (Å²) in [6, 6.07) is 8.15. The number of amides is 1. The number of nitrogens with zero attached hydrogens (tertiary/aromatic N) is 2. The first-order valence-corrected chi connectivity index (χ1v) is 7.59. The Morgan fingerprint density at radius 2 is 1.95 bits per heavy atom. The van der Waals surface area contributed by atoms with E-state index in [1.165, 1.54) is 17.3 Å². The number of aliphatic imine (C=N–C) groups is 1. The van der Waals surface area contributed by atoms with Gasteiger partial charge in [0.25, 0.3) is 5.91 Å². The van der Waals surface area contributed by atoms with Gasteiger partial charge in [0, 0.05) is 26.2 Å². The molecule has 4 nitrogen and oxygen atoms in total. The zero-order valence-electron chi connectivity index (χ0n) is 11.4. The Bertz CT molecular complexity index is 571. The Labute approximate surface area is 123 Å². The number of hydrogen-bond acceptors (Lipinski definition) is 4. The van der Waals surface area contributed by atoms with Crippen LogP contribution in [-0.2, 0) is 4.79 Å². The maximum absolute atomic E-state index is 12.0. The van der Waals surface area contributed by atoms with Gasteiger partial charge < -0.3 is 10.2 Å². The average Bonchev–Trinajstić information content (AvgIpc) is 2.84. The lowest BCUT2D eigenvalue weighted by Crippen LogP contribution is -2.45. The summed E-state index contributed by atoms with van der Waals surface area (Å²) in [5.74, 6) is -0.121. The van der Waals surface area contributed by atoms with E-state index >= 15 is 0 Å². The van der Waals surface area contributed by atoms with Gasteiger partial charge in [0.2, 0.25) is 0 Å². The van der Waals surface area contributed by atoms with Gasteiger partial charge >= 0.3 is 0 Å². The minimum Gasteiger partial charge on any atom is -0.348 e. The predicted octanol–water partition coefficient (Wildman–Crippen LogP) is 1.87. The van der Waals surface area contributed by atoms with Crippen molar-refractivity contribution in [3.8, 4) is 0 Å². The van der Waals surface area contributed by atoms with Crippen molar-refractivity contribution < 1.29 is 4.79 Å². The second-order valence-electron chi connectivity index (χ2n) is 4.96. The Kier molecular flexibility index (Phi) is 3.89. The number of carbonyl (C=O) groups is 1. The number of benzene rings is 1. The maximum atomic E-state index is 12.0. The number of rotatable bonds is 1. The summed E-state index contributed by atoms with van der Waals surface area (Å²) < 4.78 is 0. The Morgan fingerprint density at radius 1 is 1.25 bits per heavy atom. The summed E-state index contributed by atoms with van der Waals surface area (Å²) in [4.78, 5) is 19.0. The summed E-state index contributed by atoms with van der Waals surface area (Å²) in [6.07, 6.45) is 1.92. The molecule has 2 aliphatic rings. The number of piperazine rings is 1. The molecular formula is C15H17N3OS. The highest BCUT2D eigenvalue weighted by Gasteiger charge is 2.26. The third-order valence-electron chi connectivity index (χ3n) is 3.37. The van der Waals surface area contributed by atoms with E-state index in [2.05, 4.69) is 34.3 Å². The number of carbonyl (C=O) groups excluding carboxylic acids is 1. The zero-order valence-corrected chi connectivity index (χ0v) is 12.2. The van der Waals surface area contributed by atoms with Crippen LogP contribution in [0.4, 0.5) is 0 Å². The predicted molar refractivity (Wildman–Crippen MR) is 83.6 cm³/mol. The van der Waals surface area contributed by atoms with Crippen LogP contribution in [0.15, 0.2) is 34.2 Å². The first-order valence-electron chi connectivity index (χ1n) is 6.77. The molecule has 1 N–H and O–H groups in total. The van der Waals surface area contributed by atoms with Crippen LogP contribution < -0.4 is 5.32 Å². The standard InChI is InChI=1S/C15H17N3OS/c1-11-2-4-12(5-3-11)10-13-14(19)17-15(20-13)18-8-6-16-7-9-18/h2-5,10,16H,6-9H2,1H3/b13-10-. The number of nitrogens with one attached hydrogen (secondary N) is 1. The van der Waals surface area contributed by atoms with Crippen LogP contribution in [-0.4, -0.2) is 42.2 Å². The van der Waals surface area contributed by atoms with Crippen molar-refractivity contribution in [3.05, 3.63) is 40.3 Å². The van der Waals surface area contributed by atoms with Gasteiger partial charge in [-0.05, 0) is 30.3 Å². The van der Waals surface area contributed by atoms with Crippen LogP contribution in [0.1, 0.15) is 11.1 Å². The third-order valence-corrected chi connectivity index (χ3v) is 4.42. The fourth-order valence-corrected chi connectivity index (χ4v) is 3.17. The molecule has 0 radical (unpaired) electrons. The molecule has 1 aromatic carbocycles. The van der Waals surface area contributed by atoms with E-state index in [0.717, 1.165) is 36.9 Å². The molecule has 3 rings (SSSR count). The summed E-state index contributed by atoms with van der Waals surface area (Å²) in [6.45, 7) is 5.78. The number of hydrogen-bond donors (Lipinski definition) is 1. The molecule has 2 heterocycles. The van der Waals surface area contributed by atoms with Gasteiger partial charge in [0.1, 0.15) is 0 Å². The molecule has 1 fully saturated rings. The summed E-state index contributed by atoms with van der Waals surface area (Å²) in [7, 11) is 0. The maximum Gasteiger partial charge on any atom is 0.286 e. The second kappa shape index (κ2) is 5.81. The molecular weight excluding hydrogens is 270 g/mol. The van der Waals surface area contributed by atoms with E-state index in [1.807, 2.05) is 18.2 Å². The normalized spacial score (nSPS) is 21.4. The molecule has 0 spiro atoms. The number of aryl methyl sites for hydroxylation is 1. The van der Waals surface area contributed by atoms with E-state index in [-0.39, 0.29) is 5.91 Å². The van der Waals surface area contributed by atoms with Gasteiger partial charge in [-0.1, -0.05) is 29.8 Å². The second-order valence-corrected chi connectivity index (χ2v) is 5.97. The number of amidine groups is 1. The van der Waals surface area contributed by atoms with Crippen LogP contribution in [0.5, 0.6) is 0 Å². The van der Waals surface area contributed by atoms with Gasteiger partial charge in [-0.25, -0.2) is 0 Å². The summed E-state index contributed by atoms with van der Waals surface area (Å²) >= 11 is 1.48. The van der Waals surface area contributed by atoms with E-state index in [9.17, 15) is 4.79 Å². The smallest absolute Gasteiger partial charge is 0.286 e. The molecule has 2 aliphatic heterocycles. The van der Waals surface area contributed by atoms with Crippen molar-refractivity contribution in [1.82, 2.24) is 10.2 Å². The first kappa shape index (κ1) is 13.4. The van der Waals surface area contributed by atoms with E-state index in [4.69, 9.17) is 0 Å². The van der Waals surface area contributed by atoms with Crippen LogP contribution >= 0.6 is 11.8 Å². The minimum absolute atomic E-state index is 0.121. The van der Waals surface area contributed by atoms with Crippen LogP contribution in [0, 0.1) is 6.92 Å². The van der Waals surface area contributed by atoms with E-state index in [1.54, 1.807) is 0 Å². The molecule has 1 aromatic rings. The summed E-state index contributed by atoms with van der Waals surface area (Å²) in [5, 5.41) is 4.14. The topological polar surface area (TPSA) is 44.7 Å². The van der Waals surface area contributed by atoms with Crippen LogP contribution in [0.25, 0.3) is 6.08 Å². The Balaban J connectivity index is 1.74. The zero-order chi connectivity index (χ0) is 13.9. The first-order chi connectivity index (χ1) is 9.72. The largest absolute Gasteiger partial charge is 0.348 e. The van der Waals surface area contributed by atoms with E-state index in [0.29, 0.717) is 4.91 Å². The third kappa shape index (κ3) is 2.94. The number of thioether (sulfide) groups is 1. The molecule has 0 aromatic heterocycles. The van der Waals surface area contributed by atoms with Crippen LogP contribution in [0.3, 0.4) is 0 Å². The van der Waals surface area contributed by atoms with Gasteiger partial charge in [-0.2, -0.15) is 4.99 Å². The van der Waals surface area contributed by atoms with E-state index < -0.39 is 0 Å². The highest BCUT2D eigenvalue weighted by molar-refractivity contribution is 8.18.